The van der Waals surface area contributed by atoms with Gasteiger partial charge in [0.2, 0.25) is 0 Å². The minimum absolute atomic E-state index is 0.264. The van der Waals surface area contributed by atoms with Crippen molar-refractivity contribution in [2.24, 2.45) is 4.99 Å². The first kappa shape index (κ1) is 14.3. The number of phenolic OH excluding ortho intramolecular Hbond substituents is 1. The van der Waals surface area contributed by atoms with Gasteiger partial charge >= 0.3 is 0 Å². The molecule has 0 amide bonds. The molecule has 20 heavy (non-hydrogen) atoms. The summed E-state index contributed by atoms with van der Waals surface area (Å²) in [7, 11) is 4.29. The van der Waals surface area contributed by atoms with Crippen molar-refractivity contribution in [2.75, 3.05) is 14.1 Å². The molecule has 0 fully saturated rings. The molecule has 0 spiro atoms. The van der Waals surface area contributed by atoms with E-state index in [1.165, 1.54) is 16.0 Å². The molecule has 2 rings (SSSR count). The second-order valence-corrected chi connectivity index (χ2v) is 5.23. The highest BCUT2D eigenvalue weighted by atomic mass is 16.3. The first-order chi connectivity index (χ1) is 9.65. The van der Waals surface area contributed by atoms with E-state index in [-0.39, 0.29) is 5.75 Å². The number of phenols is 1. The molecule has 3 heteroatoms. The molecular weight excluding hydrogens is 248 g/mol. The molecular formula is C17H21N2O+. The third kappa shape index (κ3) is 4.21. The van der Waals surface area contributed by atoms with Crippen LogP contribution < -0.4 is 4.90 Å². The molecule has 0 saturated carbocycles. The molecule has 0 aliphatic rings. The number of benzene rings is 2. The van der Waals surface area contributed by atoms with Crippen LogP contribution >= 0.6 is 0 Å². The third-order valence-electron chi connectivity index (χ3n) is 3.02. The summed E-state index contributed by atoms with van der Waals surface area (Å²) in [5.74, 6) is 0.264. The van der Waals surface area contributed by atoms with Crippen LogP contribution in [0.5, 0.6) is 5.75 Å². The number of nitrogens with one attached hydrogen (secondary N) is 1. The first-order valence-electron chi connectivity index (χ1n) is 6.80. The molecule has 2 aromatic rings. The predicted molar refractivity (Wildman–Crippen MR) is 82.4 cm³/mol. The fourth-order valence-electron chi connectivity index (χ4n) is 2.02. The minimum Gasteiger partial charge on any atom is -0.507 e. The van der Waals surface area contributed by atoms with Crippen molar-refractivity contribution >= 4 is 6.21 Å². The summed E-state index contributed by atoms with van der Waals surface area (Å²) in [4.78, 5) is 5.79. The van der Waals surface area contributed by atoms with Crippen LogP contribution in [0.3, 0.4) is 0 Å². The van der Waals surface area contributed by atoms with Crippen molar-refractivity contribution in [2.45, 2.75) is 13.1 Å². The maximum Gasteiger partial charge on any atom is 0.124 e. The number of hydrogen-bond acceptors (Lipinski definition) is 2. The van der Waals surface area contributed by atoms with Crippen molar-refractivity contribution in [1.82, 2.24) is 0 Å². The van der Waals surface area contributed by atoms with Gasteiger partial charge < -0.3 is 10.0 Å². The van der Waals surface area contributed by atoms with Gasteiger partial charge in [0.25, 0.3) is 0 Å². The van der Waals surface area contributed by atoms with Gasteiger partial charge in [-0.25, -0.2) is 0 Å². The van der Waals surface area contributed by atoms with E-state index in [4.69, 9.17) is 0 Å². The van der Waals surface area contributed by atoms with Gasteiger partial charge in [-0.1, -0.05) is 36.4 Å². The molecule has 2 N–H and O–H groups in total. The van der Waals surface area contributed by atoms with Gasteiger partial charge in [-0.3, -0.25) is 4.99 Å². The normalized spacial score (nSPS) is 11.3. The van der Waals surface area contributed by atoms with Crippen molar-refractivity contribution in [3.8, 4) is 5.75 Å². The Hall–Kier alpha value is -2.13. The average Bonchev–Trinajstić information content (AvgIpc) is 2.42. The number of quaternary nitrogens is 1. The Bertz CT molecular complexity index is 574. The van der Waals surface area contributed by atoms with E-state index < -0.39 is 0 Å². The van der Waals surface area contributed by atoms with Crippen LogP contribution in [-0.2, 0) is 13.1 Å². The van der Waals surface area contributed by atoms with E-state index in [0.717, 1.165) is 12.1 Å². The number of aliphatic imine (C=N–C) groups is 1. The summed E-state index contributed by atoms with van der Waals surface area (Å²) >= 11 is 0. The second-order valence-electron chi connectivity index (χ2n) is 5.23. The van der Waals surface area contributed by atoms with E-state index in [1.807, 2.05) is 12.1 Å². The largest absolute Gasteiger partial charge is 0.507 e. The van der Waals surface area contributed by atoms with E-state index >= 15 is 0 Å². The summed E-state index contributed by atoms with van der Waals surface area (Å²) in [6, 6.07) is 15.7. The molecule has 104 valence electrons. The molecule has 0 heterocycles. The number of hydrogen-bond donors (Lipinski definition) is 2. The summed E-state index contributed by atoms with van der Waals surface area (Å²) in [5.41, 5.74) is 3.26. The van der Waals surface area contributed by atoms with E-state index in [0.29, 0.717) is 6.54 Å². The fourth-order valence-corrected chi connectivity index (χ4v) is 2.02. The monoisotopic (exact) mass is 269 g/mol. The summed E-state index contributed by atoms with van der Waals surface area (Å²) in [5, 5.41) is 9.63. The summed E-state index contributed by atoms with van der Waals surface area (Å²) < 4.78 is 0. The molecule has 0 saturated heterocycles. The lowest BCUT2D eigenvalue weighted by Gasteiger charge is -2.07. The third-order valence-corrected chi connectivity index (χ3v) is 3.02. The van der Waals surface area contributed by atoms with E-state index in [9.17, 15) is 5.11 Å². The molecule has 3 nitrogen and oxygen atoms in total. The minimum atomic E-state index is 0.264. The van der Waals surface area contributed by atoms with Crippen LogP contribution in [0.1, 0.15) is 16.7 Å². The summed E-state index contributed by atoms with van der Waals surface area (Å²) in [6.45, 7) is 1.66. The molecule has 0 radical (unpaired) electrons. The zero-order valence-corrected chi connectivity index (χ0v) is 12.0. The Morgan fingerprint density at radius 2 is 1.65 bits per heavy atom. The summed E-state index contributed by atoms with van der Waals surface area (Å²) in [6.07, 6.45) is 1.72. The zero-order chi connectivity index (χ0) is 14.4. The molecule has 0 aliphatic carbocycles. The first-order valence-corrected chi connectivity index (χ1v) is 6.80. The Kier molecular flexibility index (Phi) is 4.91. The number of nitrogens with zero attached hydrogens (tertiary/aromatic N) is 1. The lowest BCUT2D eigenvalue weighted by molar-refractivity contribution is -0.872. The molecule has 0 aromatic heterocycles. The smallest absolute Gasteiger partial charge is 0.124 e. The molecule has 0 atom stereocenters. The Labute approximate surface area is 120 Å². The highest BCUT2D eigenvalue weighted by molar-refractivity contribution is 5.83. The SMILES string of the molecule is C[NH+](C)Cc1ccc(CN=Cc2ccccc2O)cc1. The molecule has 2 aromatic carbocycles. The van der Waals surface area contributed by atoms with Gasteiger partial charge in [0.05, 0.1) is 20.6 Å². The van der Waals surface area contributed by atoms with E-state index in [2.05, 4.69) is 43.4 Å². The van der Waals surface area contributed by atoms with E-state index in [1.54, 1.807) is 18.3 Å². The highest BCUT2D eigenvalue weighted by Gasteiger charge is 1.98. The van der Waals surface area contributed by atoms with Crippen LogP contribution in [0.15, 0.2) is 53.5 Å². The van der Waals surface area contributed by atoms with Crippen molar-refractivity contribution in [1.29, 1.82) is 0 Å². The van der Waals surface area contributed by atoms with Gasteiger partial charge in [0.1, 0.15) is 12.3 Å². The van der Waals surface area contributed by atoms with Crippen molar-refractivity contribution in [3.63, 3.8) is 0 Å². The zero-order valence-electron chi connectivity index (χ0n) is 12.0. The standard InChI is InChI=1S/C17H20N2O/c1-19(2)13-15-9-7-14(8-10-15)11-18-12-16-5-3-4-6-17(16)20/h3-10,12,20H,11,13H2,1-2H3/p+1. The van der Waals surface area contributed by atoms with Gasteiger partial charge in [0.15, 0.2) is 0 Å². The van der Waals surface area contributed by atoms with Crippen LogP contribution in [0.25, 0.3) is 0 Å². The van der Waals surface area contributed by atoms with Gasteiger partial charge in [-0.2, -0.15) is 0 Å². The Balaban J connectivity index is 1.96. The van der Waals surface area contributed by atoms with Gasteiger partial charge in [-0.05, 0) is 17.7 Å². The number of para-hydroxylation sites is 1. The Morgan fingerprint density at radius 3 is 2.30 bits per heavy atom. The van der Waals surface area contributed by atoms with Crippen LogP contribution in [0, 0.1) is 0 Å². The van der Waals surface area contributed by atoms with Gasteiger partial charge in [-0.15, -0.1) is 0 Å². The average molecular weight is 269 g/mol. The number of rotatable bonds is 5. The number of aromatic hydroxyl groups is 1. The predicted octanol–water partition coefficient (Wildman–Crippen LogP) is 1.66. The molecule has 0 bridgehead atoms. The molecule has 0 unspecified atom stereocenters. The topological polar surface area (TPSA) is 37.0 Å². The fraction of sp³-hybridized carbons (Fsp3) is 0.235. The van der Waals surface area contributed by atoms with Gasteiger partial charge in [0, 0.05) is 17.3 Å². The van der Waals surface area contributed by atoms with Crippen molar-refractivity contribution < 1.29 is 10.0 Å². The maximum atomic E-state index is 9.63. The Morgan fingerprint density at radius 1 is 1.00 bits per heavy atom. The van der Waals surface area contributed by atoms with Crippen LogP contribution in [0.4, 0.5) is 0 Å². The second kappa shape index (κ2) is 6.87. The van der Waals surface area contributed by atoms with Crippen LogP contribution in [-0.4, -0.2) is 25.4 Å². The quantitative estimate of drug-likeness (QED) is 0.796. The molecule has 0 aliphatic heterocycles. The maximum absolute atomic E-state index is 9.63. The van der Waals surface area contributed by atoms with Crippen LogP contribution in [0.2, 0.25) is 0 Å². The lowest BCUT2D eigenvalue weighted by atomic mass is 10.1. The lowest BCUT2D eigenvalue weighted by Crippen LogP contribution is -3.04. The van der Waals surface area contributed by atoms with Crippen molar-refractivity contribution in [3.05, 3.63) is 65.2 Å². The highest BCUT2D eigenvalue weighted by Crippen LogP contribution is 2.13.